The standard InChI is InChI=1S/C19H22OS/c1-2-3-6-11-19(12-13-19)20-18(21)17-10-9-15-7-4-5-8-16(15)14-17/h4-5,7-10,14H,2-3,6,11-13H2,1H3. The zero-order chi connectivity index (χ0) is 14.7. The quantitative estimate of drug-likeness (QED) is 0.504. The van der Waals surface area contributed by atoms with Crippen molar-refractivity contribution in [3.05, 3.63) is 48.0 Å². The molecule has 1 nitrogen and oxygen atoms in total. The summed E-state index contributed by atoms with van der Waals surface area (Å²) in [5.74, 6) is 0. The van der Waals surface area contributed by atoms with E-state index in [0.29, 0.717) is 5.05 Å². The summed E-state index contributed by atoms with van der Waals surface area (Å²) in [4.78, 5) is 0. The van der Waals surface area contributed by atoms with Crippen LogP contribution >= 0.6 is 12.2 Å². The highest BCUT2D eigenvalue weighted by Crippen LogP contribution is 2.44. The minimum Gasteiger partial charge on any atom is -0.476 e. The van der Waals surface area contributed by atoms with Gasteiger partial charge >= 0.3 is 0 Å². The molecule has 3 rings (SSSR count). The molecule has 1 aliphatic carbocycles. The molecule has 110 valence electrons. The summed E-state index contributed by atoms with van der Waals surface area (Å²) in [5, 5.41) is 3.12. The second-order valence-corrected chi connectivity index (χ2v) is 6.46. The molecule has 0 amide bonds. The highest BCUT2D eigenvalue weighted by Gasteiger charge is 2.45. The summed E-state index contributed by atoms with van der Waals surface area (Å²) >= 11 is 5.53. The van der Waals surface area contributed by atoms with Crippen LogP contribution in [0.15, 0.2) is 42.5 Å². The van der Waals surface area contributed by atoms with Gasteiger partial charge in [0, 0.05) is 5.56 Å². The van der Waals surface area contributed by atoms with Crippen LogP contribution in [0.5, 0.6) is 0 Å². The van der Waals surface area contributed by atoms with Crippen molar-refractivity contribution in [2.75, 3.05) is 0 Å². The van der Waals surface area contributed by atoms with Gasteiger partial charge in [0.2, 0.25) is 0 Å². The Morgan fingerprint density at radius 2 is 1.86 bits per heavy atom. The van der Waals surface area contributed by atoms with Gasteiger partial charge in [-0.2, -0.15) is 0 Å². The van der Waals surface area contributed by atoms with Gasteiger partial charge in [-0.15, -0.1) is 0 Å². The number of thiocarbonyl (C=S) groups is 1. The average Bonchev–Trinajstić information content (AvgIpc) is 3.26. The normalized spacial score (nSPS) is 15.9. The van der Waals surface area contributed by atoms with E-state index in [1.54, 1.807) is 0 Å². The van der Waals surface area contributed by atoms with E-state index in [0.717, 1.165) is 24.8 Å². The Kier molecular flexibility index (Phi) is 4.25. The van der Waals surface area contributed by atoms with Crippen LogP contribution in [0.4, 0.5) is 0 Å². The van der Waals surface area contributed by atoms with Crippen LogP contribution in [0, 0.1) is 0 Å². The number of hydrogen-bond acceptors (Lipinski definition) is 2. The SMILES string of the molecule is CCCCCC1(OC(=S)c2ccc3ccccc3c2)CC1. The van der Waals surface area contributed by atoms with E-state index in [4.69, 9.17) is 17.0 Å². The van der Waals surface area contributed by atoms with Crippen molar-refractivity contribution in [2.45, 2.75) is 51.0 Å². The fraction of sp³-hybridized carbons (Fsp3) is 0.421. The number of unbranched alkanes of at least 4 members (excludes halogenated alkanes) is 2. The molecule has 0 radical (unpaired) electrons. The summed E-state index contributed by atoms with van der Waals surface area (Å²) < 4.78 is 6.16. The molecule has 0 unspecified atom stereocenters. The molecule has 2 heteroatoms. The fourth-order valence-electron chi connectivity index (χ4n) is 2.81. The Morgan fingerprint density at radius 3 is 2.57 bits per heavy atom. The minimum atomic E-state index is 0.0535. The van der Waals surface area contributed by atoms with Crippen LogP contribution in [-0.2, 0) is 4.74 Å². The lowest BCUT2D eigenvalue weighted by molar-refractivity contribution is 0.157. The molecule has 2 aromatic rings. The molecular formula is C19H22OS. The van der Waals surface area contributed by atoms with E-state index in [9.17, 15) is 0 Å². The Bertz CT molecular complexity index is 643. The molecule has 0 spiro atoms. The van der Waals surface area contributed by atoms with E-state index < -0.39 is 0 Å². The van der Waals surface area contributed by atoms with E-state index in [2.05, 4.69) is 49.4 Å². The van der Waals surface area contributed by atoms with Crippen molar-refractivity contribution in [3.8, 4) is 0 Å². The third-order valence-electron chi connectivity index (χ3n) is 4.34. The van der Waals surface area contributed by atoms with Gasteiger partial charge in [-0.3, -0.25) is 0 Å². The van der Waals surface area contributed by atoms with Gasteiger partial charge in [-0.25, -0.2) is 0 Å². The topological polar surface area (TPSA) is 9.23 Å². The molecule has 0 bridgehead atoms. The van der Waals surface area contributed by atoms with Crippen LogP contribution in [-0.4, -0.2) is 10.7 Å². The highest BCUT2D eigenvalue weighted by molar-refractivity contribution is 7.80. The van der Waals surface area contributed by atoms with E-state index in [1.165, 1.54) is 30.0 Å². The van der Waals surface area contributed by atoms with Crippen LogP contribution in [0.2, 0.25) is 0 Å². The van der Waals surface area contributed by atoms with E-state index in [-0.39, 0.29) is 5.60 Å². The molecule has 0 aliphatic heterocycles. The Morgan fingerprint density at radius 1 is 1.10 bits per heavy atom. The van der Waals surface area contributed by atoms with Gasteiger partial charge in [-0.05, 0) is 60.8 Å². The molecule has 0 aromatic heterocycles. The largest absolute Gasteiger partial charge is 0.476 e. The first-order valence-corrected chi connectivity index (χ1v) is 8.35. The van der Waals surface area contributed by atoms with Crippen LogP contribution in [0.3, 0.4) is 0 Å². The molecule has 0 atom stereocenters. The summed E-state index contributed by atoms with van der Waals surface area (Å²) in [7, 11) is 0. The number of benzene rings is 2. The zero-order valence-electron chi connectivity index (χ0n) is 12.6. The maximum absolute atomic E-state index is 6.16. The zero-order valence-corrected chi connectivity index (χ0v) is 13.4. The molecule has 21 heavy (non-hydrogen) atoms. The third-order valence-corrected chi connectivity index (χ3v) is 4.66. The van der Waals surface area contributed by atoms with Crippen molar-refractivity contribution in [1.82, 2.24) is 0 Å². The Hall–Kier alpha value is -1.41. The lowest BCUT2D eigenvalue weighted by atomic mass is 10.1. The number of hydrogen-bond donors (Lipinski definition) is 0. The molecule has 0 N–H and O–H groups in total. The minimum absolute atomic E-state index is 0.0535. The van der Waals surface area contributed by atoms with Crippen molar-refractivity contribution in [3.63, 3.8) is 0 Å². The molecular weight excluding hydrogens is 276 g/mol. The summed E-state index contributed by atoms with van der Waals surface area (Å²) in [6, 6.07) is 14.7. The third kappa shape index (κ3) is 3.44. The van der Waals surface area contributed by atoms with Crippen molar-refractivity contribution in [2.24, 2.45) is 0 Å². The van der Waals surface area contributed by atoms with Crippen molar-refractivity contribution >= 4 is 28.0 Å². The second kappa shape index (κ2) is 6.15. The molecule has 2 aromatic carbocycles. The number of rotatable bonds is 6. The maximum Gasteiger partial charge on any atom is 0.191 e. The van der Waals surface area contributed by atoms with Crippen LogP contribution < -0.4 is 0 Å². The average molecular weight is 298 g/mol. The summed E-state index contributed by atoms with van der Waals surface area (Å²) in [5.41, 5.74) is 1.09. The van der Waals surface area contributed by atoms with Crippen LogP contribution in [0.1, 0.15) is 51.0 Å². The number of ether oxygens (including phenoxy) is 1. The molecule has 1 aliphatic rings. The van der Waals surface area contributed by atoms with E-state index >= 15 is 0 Å². The second-order valence-electron chi connectivity index (χ2n) is 6.09. The Balaban J connectivity index is 1.69. The lowest BCUT2D eigenvalue weighted by Crippen LogP contribution is -2.19. The summed E-state index contributed by atoms with van der Waals surface area (Å²) in [6.07, 6.45) is 7.25. The van der Waals surface area contributed by atoms with E-state index in [1.807, 2.05) is 0 Å². The Labute approximate surface area is 132 Å². The lowest BCUT2D eigenvalue weighted by Gasteiger charge is -2.18. The molecule has 0 heterocycles. The van der Waals surface area contributed by atoms with Gasteiger partial charge < -0.3 is 4.74 Å². The van der Waals surface area contributed by atoms with Gasteiger partial charge in [0.1, 0.15) is 5.60 Å². The predicted octanol–water partition coefficient (Wildman–Crippen LogP) is 5.64. The summed E-state index contributed by atoms with van der Waals surface area (Å²) in [6.45, 7) is 2.24. The molecule has 1 saturated carbocycles. The first-order chi connectivity index (χ1) is 10.2. The fourth-order valence-corrected chi connectivity index (χ4v) is 3.12. The highest BCUT2D eigenvalue weighted by atomic mass is 32.1. The predicted molar refractivity (Wildman–Crippen MR) is 92.8 cm³/mol. The van der Waals surface area contributed by atoms with Gasteiger partial charge in [0.05, 0.1) is 0 Å². The van der Waals surface area contributed by atoms with Gasteiger partial charge in [0.25, 0.3) is 0 Å². The number of fused-ring (bicyclic) bond motifs is 1. The van der Waals surface area contributed by atoms with Crippen molar-refractivity contribution < 1.29 is 4.74 Å². The maximum atomic E-state index is 6.16. The van der Waals surface area contributed by atoms with Gasteiger partial charge in [0.15, 0.2) is 5.05 Å². The first-order valence-electron chi connectivity index (χ1n) is 7.95. The molecule has 1 fully saturated rings. The molecule has 0 saturated heterocycles. The van der Waals surface area contributed by atoms with Crippen molar-refractivity contribution in [1.29, 1.82) is 0 Å². The first kappa shape index (κ1) is 14.5. The van der Waals surface area contributed by atoms with Gasteiger partial charge in [-0.1, -0.05) is 50.1 Å². The monoisotopic (exact) mass is 298 g/mol. The van der Waals surface area contributed by atoms with Crippen LogP contribution in [0.25, 0.3) is 10.8 Å². The smallest absolute Gasteiger partial charge is 0.191 e.